The third kappa shape index (κ3) is 3.42. The lowest BCUT2D eigenvalue weighted by atomic mass is 10.2. The molecule has 0 fully saturated rings. The van der Waals surface area contributed by atoms with Crippen LogP contribution in [0.4, 0.5) is 0 Å². The Hall–Kier alpha value is -2.76. The van der Waals surface area contributed by atoms with Crippen molar-refractivity contribution in [3.05, 3.63) is 48.2 Å². The van der Waals surface area contributed by atoms with Crippen molar-refractivity contribution in [1.82, 2.24) is 10.3 Å². The highest BCUT2D eigenvalue weighted by Crippen LogP contribution is 2.32. The molecule has 1 aromatic heterocycles. The first-order valence-electron chi connectivity index (χ1n) is 6.50. The molecular weight excluding hydrogens is 272 g/mol. The van der Waals surface area contributed by atoms with E-state index in [1.807, 2.05) is 18.2 Å². The highest BCUT2D eigenvalue weighted by Gasteiger charge is 2.13. The molecule has 108 valence electrons. The highest BCUT2D eigenvalue weighted by atomic mass is 16.7. The van der Waals surface area contributed by atoms with Gasteiger partial charge in [-0.1, -0.05) is 12.1 Å². The van der Waals surface area contributed by atoms with Crippen LogP contribution in [0, 0.1) is 0 Å². The first kappa shape index (κ1) is 13.2. The number of pyridine rings is 1. The van der Waals surface area contributed by atoms with Gasteiger partial charge in [-0.15, -0.1) is 0 Å². The predicted molar refractivity (Wildman–Crippen MR) is 74.1 cm³/mol. The van der Waals surface area contributed by atoms with E-state index in [1.54, 1.807) is 24.4 Å². The summed E-state index contributed by atoms with van der Waals surface area (Å²) in [7, 11) is 0. The highest BCUT2D eigenvalue weighted by molar-refractivity contribution is 5.77. The average molecular weight is 286 g/mol. The Morgan fingerprint density at radius 3 is 3.00 bits per heavy atom. The van der Waals surface area contributed by atoms with Gasteiger partial charge in [-0.05, 0) is 23.8 Å². The van der Waals surface area contributed by atoms with Gasteiger partial charge < -0.3 is 19.5 Å². The van der Waals surface area contributed by atoms with Crippen LogP contribution in [-0.2, 0) is 11.3 Å². The molecular formula is C15H14N2O4. The van der Waals surface area contributed by atoms with Crippen molar-refractivity contribution in [1.29, 1.82) is 0 Å². The maximum Gasteiger partial charge on any atom is 0.258 e. The molecule has 0 bridgehead atoms. The lowest BCUT2D eigenvalue weighted by Gasteiger charge is -2.07. The average Bonchev–Trinajstić information content (AvgIpc) is 2.99. The van der Waals surface area contributed by atoms with E-state index in [2.05, 4.69) is 10.3 Å². The van der Waals surface area contributed by atoms with Crippen LogP contribution in [-0.4, -0.2) is 24.3 Å². The molecule has 1 N–H and O–H groups in total. The quantitative estimate of drug-likeness (QED) is 0.902. The minimum absolute atomic E-state index is 0.0679. The number of amides is 1. The van der Waals surface area contributed by atoms with Crippen LogP contribution < -0.4 is 19.5 Å². The smallest absolute Gasteiger partial charge is 0.258 e. The van der Waals surface area contributed by atoms with Crippen LogP contribution >= 0.6 is 0 Å². The second kappa shape index (κ2) is 6.13. The fraction of sp³-hybridized carbons (Fsp3) is 0.200. The standard InChI is InChI=1S/C15H14N2O4/c18-14(9-19-15-3-1-2-6-16-15)17-8-11-4-5-12-13(7-11)21-10-20-12/h1-7H,8-10H2,(H,17,18). The first-order valence-corrected chi connectivity index (χ1v) is 6.50. The van der Waals surface area contributed by atoms with Gasteiger partial charge in [-0.2, -0.15) is 0 Å². The van der Waals surface area contributed by atoms with Gasteiger partial charge in [0.25, 0.3) is 5.91 Å². The first-order chi connectivity index (χ1) is 10.3. The van der Waals surface area contributed by atoms with Crippen LogP contribution in [0.15, 0.2) is 42.6 Å². The number of rotatable bonds is 5. The van der Waals surface area contributed by atoms with Crippen LogP contribution in [0.5, 0.6) is 17.4 Å². The van der Waals surface area contributed by atoms with Gasteiger partial charge in [0.15, 0.2) is 18.1 Å². The number of carbonyl (C=O) groups is 1. The third-order valence-corrected chi connectivity index (χ3v) is 2.92. The summed E-state index contributed by atoms with van der Waals surface area (Å²) >= 11 is 0. The number of ether oxygens (including phenoxy) is 3. The van der Waals surface area contributed by atoms with Crippen LogP contribution in [0.3, 0.4) is 0 Å². The molecule has 0 atom stereocenters. The van der Waals surface area contributed by atoms with E-state index in [0.29, 0.717) is 18.2 Å². The second-order valence-electron chi connectivity index (χ2n) is 4.42. The number of aromatic nitrogens is 1. The van der Waals surface area contributed by atoms with E-state index < -0.39 is 0 Å². The normalized spacial score (nSPS) is 12.0. The molecule has 1 aliphatic rings. The molecule has 0 saturated heterocycles. The van der Waals surface area contributed by atoms with E-state index in [9.17, 15) is 4.79 Å². The summed E-state index contributed by atoms with van der Waals surface area (Å²) in [6.45, 7) is 0.575. The Morgan fingerprint density at radius 1 is 1.24 bits per heavy atom. The maximum absolute atomic E-state index is 11.7. The summed E-state index contributed by atoms with van der Waals surface area (Å²) in [6.07, 6.45) is 1.61. The molecule has 21 heavy (non-hydrogen) atoms. The molecule has 0 radical (unpaired) electrons. The van der Waals surface area contributed by atoms with E-state index in [4.69, 9.17) is 14.2 Å². The Kier molecular flexibility index (Phi) is 3.86. The Labute approximate surface area is 121 Å². The predicted octanol–water partition coefficient (Wildman–Crippen LogP) is 1.51. The lowest BCUT2D eigenvalue weighted by molar-refractivity contribution is -0.123. The fourth-order valence-corrected chi connectivity index (χ4v) is 1.87. The molecule has 3 rings (SSSR count). The minimum Gasteiger partial charge on any atom is -0.468 e. The molecule has 0 spiro atoms. The van der Waals surface area contributed by atoms with Gasteiger partial charge >= 0.3 is 0 Å². The largest absolute Gasteiger partial charge is 0.468 e. The molecule has 0 unspecified atom stereocenters. The van der Waals surface area contributed by atoms with Gasteiger partial charge in [-0.25, -0.2) is 4.98 Å². The summed E-state index contributed by atoms with van der Waals surface area (Å²) in [4.78, 5) is 15.7. The van der Waals surface area contributed by atoms with Crippen LogP contribution in [0.1, 0.15) is 5.56 Å². The fourth-order valence-electron chi connectivity index (χ4n) is 1.87. The van der Waals surface area contributed by atoms with E-state index in [1.165, 1.54) is 0 Å². The number of hydrogen-bond donors (Lipinski definition) is 1. The number of nitrogens with one attached hydrogen (secondary N) is 1. The van der Waals surface area contributed by atoms with Crippen molar-refractivity contribution < 1.29 is 19.0 Å². The minimum atomic E-state index is -0.210. The second-order valence-corrected chi connectivity index (χ2v) is 4.42. The number of hydrogen-bond acceptors (Lipinski definition) is 5. The summed E-state index contributed by atoms with van der Waals surface area (Å²) < 4.78 is 15.8. The van der Waals surface area contributed by atoms with Crippen LogP contribution in [0.25, 0.3) is 0 Å². The number of nitrogens with zero attached hydrogens (tertiary/aromatic N) is 1. The van der Waals surface area contributed by atoms with E-state index in [0.717, 1.165) is 11.3 Å². The summed E-state index contributed by atoms with van der Waals surface area (Å²) in [5.74, 6) is 1.64. The van der Waals surface area contributed by atoms with Crippen molar-refractivity contribution in [2.75, 3.05) is 13.4 Å². The van der Waals surface area contributed by atoms with Crippen LogP contribution in [0.2, 0.25) is 0 Å². The van der Waals surface area contributed by atoms with Gasteiger partial charge in [0.2, 0.25) is 12.7 Å². The topological polar surface area (TPSA) is 69.7 Å². The molecule has 1 amide bonds. The summed E-state index contributed by atoms with van der Waals surface area (Å²) in [5, 5.41) is 2.77. The number of benzene rings is 1. The zero-order chi connectivity index (χ0) is 14.5. The molecule has 0 aliphatic carbocycles. The van der Waals surface area contributed by atoms with Crippen molar-refractivity contribution in [2.45, 2.75) is 6.54 Å². The Balaban J connectivity index is 1.47. The van der Waals surface area contributed by atoms with E-state index in [-0.39, 0.29) is 19.3 Å². The van der Waals surface area contributed by atoms with Crippen molar-refractivity contribution in [2.24, 2.45) is 0 Å². The molecule has 2 aromatic rings. The van der Waals surface area contributed by atoms with Gasteiger partial charge in [0.1, 0.15) is 0 Å². The van der Waals surface area contributed by atoms with Crippen molar-refractivity contribution >= 4 is 5.91 Å². The number of carbonyl (C=O) groups excluding carboxylic acids is 1. The van der Waals surface area contributed by atoms with Crippen molar-refractivity contribution in [3.63, 3.8) is 0 Å². The Bertz CT molecular complexity index is 631. The molecule has 6 heteroatoms. The summed E-state index contributed by atoms with van der Waals surface area (Å²) in [5.41, 5.74) is 0.936. The third-order valence-electron chi connectivity index (χ3n) is 2.92. The zero-order valence-corrected chi connectivity index (χ0v) is 11.2. The lowest BCUT2D eigenvalue weighted by Crippen LogP contribution is -2.28. The number of fused-ring (bicyclic) bond motifs is 1. The van der Waals surface area contributed by atoms with E-state index >= 15 is 0 Å². The zero-order valence-electron chi connectivity index (χ0n) is 11.2. The summed E-state index contributed by atoms with van der Waals surface area (Å²) in [6, 6.07) is 10.8. The SMILES string of the molecule is O=C(COc1ccccn1)NCc1ccc2c(c1)OCO2. The molecule has 6 nitrogen and oxygen atoms in total. The molecule has 2 heterocycles. The Morgan fingerprint density at radius 2 is 2.14 bits per heavy atom. The molecule has 1 aliphatic heterocycles. The monoisotopic (exact) mass is 286 g/mol. The van der Waals surface area contributed by atoms with Gasteiger partial charge in [-0.3, -0.25) is 4.79 Å². The van der Waals surface area contributed by atoms with Crippen molar-refractivity contribution in [3.8, 4) is 17.4 Å². The molecule has 1 aromatic carbocycles. The maximum atomic E-state index is 11.7. The molecule has 0 saturated carbocycles. The van der Waals surface area contributed by atoms with Gasteiger partial charge in [0.05, 0.1) is 0 Å². The van der Waals surface area contributed by atoms with Gasteiger partial charge in [0, 0.05) is 18.8 Å².